The largest absolute Gasteiger partial charge is 0.493 e. The Balaban J connectivity index is 1.67. The molecule has 2 aromatic carbocycles. The van der Waals surface area contributed by atoms with E-state index in [1.54, 1.807) is 7.11 Å². The van der Waals surface area contributed by atoms with Crippen molar-refractivity contribution in [1.82, 2.24) is 15.1 Å². The van der Waals surface area contributed by atoms with Gasteiger partial charge in [0.15, 0.2) is 17.2 Å². The normalized spacial score (nSPS) is 18.2. The average molecular weight is 423 g/mol. The first-order valence-electron chi connectivity index (χ1n) is 10.6. The minimum absolute atomic E-state index is 0.0294. The molecule has 31 heavy (non-hydrogen) atoms. The summed E-state index contributed by atoms with van der Waals surface area (Å²) in [6.45, 7) is 10.0. The summed E-state index contributed by atoms with van der Waals surface area (Å²) in [6.07, 6.45) is 0. The molecule has 0 radical (unpaired) electrons. The number of carbonyl (C=O) groups is 1. The van der Waals surface area contributed by atoms with Crippen LogP contribution in [0.3, 0.4) is 0 Å². The number of nitrogens with zero attached hydrogens (tertiary/aromatic N) is 3. The second kappa shape index (κ2) is 8.13. The van der Waals surface area contributed by atoms with Gasteiger partial charge in [0.05, 0.1) is 12.7 Å². The van der Waals surface area contributed by atoms with Gasteiger partial charge >= 0.3 is 6.03 Å². The Kier molecular flexibility index (Phi) is 5.52. The Morgan fingerprint density at radius 1 is 1.16 bits per heavy atom. The van der Waals surface area contributed by atoms with Crippen LogP contribution in [0.25, 0.3) is 0 Å². The fourth-order valence-corrected chi connectivity index (χ4v) is 3.96. The van der Waals surface area contributed by atoms with E-state index in [4.69, 9.17) is 14.5 Å². The molecule has 1 atom stereocenters. The molecule has 0 saturated carbocycles. The number of fused-ring (bicyclic) bond motifs is 2. The molecule has 1 fully saturated rings. The van der Waals surface area contributed by atoms with Crippen LogP contribution in [0.5, 0.6) is 17.2 Å². The minimum Gasteiger partial charge on any atom is -0.493 e. The van der Waals surface area contributed by atoms with E-state index in [1.807, 2.05) is 68.1 Å². The zero-order chi connectivity index (χ0) is 22.2. The third-order valence-electron chi connectivity index (χ3n) is 5.41. The van der Waals surface area contributed by atoms with Crippen LogP contribution in [0, 0.1) is 0 Å². The van der Waals surface area contributed by atoms with E-state index in [0.717, 1.165) is 17.1 Å². The molecule has 0 aliphatic carbocycles. The van der Waals surface area contributed by atoms with Crippen LogP contribution < -0.4 is 14.8 Å². The lowest BCUT2D eigenvalue weighted by Crippen LogP contribution is -2.59. The lowest BCUT2D eigenvalue weighted by Gasteiger charge is -2.42. The zero-order valence-corrected chi connectivity index (χ0v) is 18.8. The van der Waals surface area contributed by atoms with E-state index < -0.39 is 0 Å². The van der Waals surface area contributed by atoms with Crippen molar-refractivity contribution in [3.63, 3.8) is 0 Å². The number of hydrogen-bond acceptors (Lipinski definition) is 5. The first kappa shape index (κ1) is 21.0. The quantitative estimate of drug-likeness (QED) is 0.740. The highest BCUT2D eigenvalue weighted by molar-refractivity contribution is 6.04. The molecule has 1 unspecified atom stereocenters. The summed E-state index contributed by atoms with van der Waals surface area (Å²) in [5.74, 6) is 2.86. The van der Waals surface area contributed by atoms with Crippen molar-refractivity contribution in [3.8, 4) is 17.2 Å². The predicted molar refractivity (Wildman–Crippen MR) is 122 cm³/mol. The van der Waals surface area contributed by atoms with Gasteiger partial charge in [0, 0.05) is 31.2 Å². The number of para-hydroxylation sites is 3. The number of benzene rings is 2. The average Bonchev–Trinajstić information content (AvgIpc) is 2.89. The molecule has 4 rings (SSSR count). The Labute approximate surface area is 183 Å². The van der Waals surface area contributed by atoms with E-state index in [2.05, 4.69) is 17.1 Å². The maximum Gasteiger partial charge on any atom is 0.318 e. The number of hydrogen-bond donors (Lipinski definition) is 1. The van der Waals surface area contributed by atoms with Crippen LogP contribution >= 0.6 is 0 Å². The first-order chi connectivity index (χ1) is 14.8. The third kappa shape index (κ3) is 4.31. The minimum atomic E-state index is -0.268. The molecular formula is C24H30N4O3. The smallest absolute Gasteiger partial charge is 0.318 e. The number of aliphatic imine (C=N–C) groups is 1. The topological polar surface area (TPSA) is 66.4 Å². The van der Waals surface area contributed by atoms with Crippen molar-refractivity contribution in [2.75, 3.05) is 26.7 Å². The molecule has 0 bridgehead atoms. The number of carbonyl (C=O) groups excluding carboxylic acids is 1. The molecule has 164 valence electrons. The summed E-state index contributed by atoms with van der Waals surface area (Å²) < 4.78 is 11.8. The Bertz CT molecular complexity index is 1010. The van der Waals surface area contributed by atoms with Gasteiger partial charge < -0.3 is 24.6 Å². The molecule has 1 N–H and O–H groups in total. The van der Waals surface area contributed by atoms with Crippen LogP contribution in [0.2, 0.25) is 0 Å². The van der Waals surface area contributed by atoms with Crippen molar-refractivity contribution in [2.45, 2.75) is 39.3 Å². The number of urea groups is 1. The predicted octanol–water partition coefficient (Wildman–Crippen LogP) is 4.39. The number of amidine groups is 1. The van der Waals surface area contributed by atoms with Crippen LogP contribution in [0.4, 0.5) is 10.5 Å². The summed E-state index contributed by atoms with van der Waals surface area (Å²) >= 11 is 0. The molecule has 1 saturated heterocycles. The highest BCUT2D eigenvalue weighted by Gasteiger charge is 2.33. The second-order valence-electron chi connectivity index (χ2n) is 9.01. The lowest BCUT2D eigenvalue weighted by atomic mass is 10.1. The maximum absolute atomic E-state index is 12.7. The van der Waals surface area contributed by atoms with Crippen LogP contribution in [-0.4, -0.2) is 60.0 Å². The fraction of sp³-hybridized carbons (Fsp3) is 0.417. The molecule has 0 aromatic heterocycles. The van der Waals surface area contributed by atoms with E-state index >= 15 is 0 Å². The molecule has 2 aliphatic heterocycles. The van der Waals surface area contributed by atoms with Gasteiger partial charge in [-0.1, -0.05) is 18.2 Å². The van der Waals surface area contributed by atoms with Crippen LogP contribution in [-0.2, 0) is 0 Å². The molecule has 2 heterocycles. The molecule has 7 nitrogen and oxygen atoms in total. The van der Waals surface area contributed by atoms with Crippen molar-refractivity contribution in [3.05, 3.63) is 48.0 Å². The molecule has 2 aliphatic rings. The lowest BCUT2D eigenvalue weighted by molar-refractivity contribution is 0.129. The SMILES string of the molecule is COc1cccc2c1Oc1ccccc1N=C2N1CCN(C(=O)NC(C)(C)C)C(C)C1. The van der Waals surface area contributed by atoms with Gasteiger partial charge in [0.2, 0.25) is 0 Å². The first-order valence-corrected chi connectivity index (χ1v) is 10.6. The van der Waals surface area contributed by atoms with Crippen LogP contribution in [0.1, 0.15) is 33.3 Å². The number of methoxy groups -OCH3 is 1. The van der Waals surface area contributed by atoms with E-state index in [0.29, 0.717) is 36.9 Å². The van der Waals surface area contributed by atoms with Gasteiger partial charge in [-0.2, -0.15) is 0 Å². The van der Waals surface area contributed by atoms with E-state index in [-0.39, 0.29) is 17.6 Å². The number of rotatable bonds is 1. The molecular weight excluding hydrogens is 392 g/mol. The van der Waals surface area contributed by atoms with Crippen molar-refractivity contribution >= 4 is 17.6 Å². The summed E-state index contributed by atoms with van der Waals surface area (Å²) in [5, 5.41) is 3.07. The number of nitrogens with one attached hydrogen (secondary N) is 1. The molecule has 7 heteroatoms. The second-order valence-corrected chi connectivity index (χ2v) is 9.01. The molecule has 2 aromatic rings. The van der Waals surface area contributed by atoms with E-state index in [1.165, 1.54) is 0 Å². The van der Waals surface area contributed by atoms with Crippen molar-refractivity contribution in [1.29, 1.82) is 0 Å². The Morgan fingerprint density at radius 2 is 1.94 bits per heavy atom. The molecule has 0 spiro atoms. The third-order valence-corrected chi connectivity index (χ3v) is 5.41. The Morgan fingerprint density at radius 3 is 2.65 bits per heavy atom. The number of amides is 2. The van der Waals surface area contributed by atoms with Gasteiger partial charge in [-0.05, 0) is 52.0 Å². The van der Waals surface area contributed by atoms with Gasteiger partial charge in [-0.25, -0.2) is 9.79 Å². The van der Waals surface area contributed by atoms with Crippen molar-refractivity contribution in [2.24, 2.45) is 4.99 Å². The number of ether oxygens (including phenoxy) is 2. The van der Waals surface area contributed by atoms with E-state index in [9.17, 15) is 4.79 Å². The summed E-state index contributed by atoms with van der Waals surface area (Å²) in [7, 11) is 1.64. The fourth-order valence-electron chi connectivity index (χ4n) is 3.96. The number of piperazine rings is 1. The highest BCUT2D eigenvalue weighted by atomic mass is 16.5. The van der Waals surface area contributed by atoms with Gasteiger partial charge in [0.25, 0.3) is 0 Å². The van der Waals surface area contributed by atoms with Gasteiger partial charge in [0.1, 0.15) is 11.5 Å². The summed E-state index contributed by atoms with van der Waals surface area (Å²) in [4.78, 5) is 21.9. The zero-order valence-electron chi connectivity index (χ0n) is 18.8. The molecule has 2 amide bonds. The monoisotopic (exact) mass is 422 g/mol. The van der Waals surface area contributed by atoms with Gasteiger partial charge in [-0.3, -0.25) is 0 Å². The Hall–Kier alpha value is -3.22. The van der Waals surface area contributed by atoms with Gasteiger partial charge in [-0.15, -0.1) is 0 Å². The summed E-state index contributed by atoms with van der Waals surface area (Å²) in [5.41, 5.74) is 1.39. The summed E-state index contributed by atoms with van der Waals surface area (Å²) in [6, 6.07) is 13.6. The highest BCUT2D eigenvalue weighted by Crippen LogP contribution is 2.42. The standard InChI is InChI=1S/C24H30N4O3/c1-16-15-27(13-14-28(16)23(29)26-24(2,3)4)22-17-9-8-12-20(30-5)21(17)31-19-11-7-6-10-18(19)25-22/h6-12,16H,13-15H2,1-5H3,(H,26,29). The van der Waals surface area contributed by atoms with Crippen molar-refractivity contribution < 1.29 is 14.3 Å². The van der Waals surface area contributed by atoms with Crippen LogP contribution in [0.15, 0.2) is 47.5 Å². The maximum atomic E-state index is 12.7.